The Labute approximate surface area is 255 Å². The quantitative estimate of drug-likeness (QED) is 0.0813. The fourth-order valence-corrected chi connectivity index (χ4v) is 7.24. The maximum absolute atomic E-state index is 6.99. The lowest BCUT2D eigenvalue weighted by Crippen LogP contribution is -2.30. The molecule has 8 heteroatoms. The van der Waals surface area contributed by atoms with E-state index in [0.29, 0.717) is 5.69 Å². The van der Waals surface area contributed by atoms with Crippen LogP contribution in [-0.4, -0.2) is 41.6 Å². The van der Waals surface area contributed by atoms with E-state index in [1.54, 1.807) is 0 Å². The highest BCUT2D eigenvalue weighted by atomic mass is 32.1. The Hall–Kier alpha value is -3.39. The number of H-pyrrole nitrogens is 1. The van der Waals surface area contributed by atoms with Crippen LogP contribution in [0, 0.1) is 0 Å². The molecule has 4 aromatic rings. The summed E-state index contributed by atoms with van der Waals surface area (Å²) < 4.78 is 3.14. The largest absolute Gasteiger partial charge is 0.396 e. The zero-order chi connectivity index (χ0) is 29.1. The minimum atomic E-state index is 0.649. The second-order valence-corrected chi connectivity index (χ2v) is 12.2. The number of nitrogens with one attached hydrogen (secondary N) is 2. The summed E-state index contributed by atoms with van der Waals surface area (Å²) in [5, 5.41) is 12.2. The number of aromatic nitrogens is 3. The summed E-state index contributed by atoms with van der Waals surface area (Å²) in [5.41, 5.74) is 19.5. The average molecular weight is 584 g/mol. The molecule has 0 radical (unpaired) electrons. The number of aryl methyl sites for hydroxylation is 2. The number of anilines is 4. The van der Waals surface area contributed by atoms with Gasteiger partial charge in [-0.3, -0.25) is 0 Å². The van der Waals surface area contributed by atoms with Gasteiger partial charge in [0.1, 0.15) is 11.0 Å². The van der Waals surface area contributed by atoms with E-state index in [9.17, 15) is 0 Å². The Balaban J connectivity index is 1.39. The monoisotopic (exact) mass is 583 g/mol. The van der Waals surface area contributed by atoms with E-state index >= 15 is 0 Å². The Kier molecular flexibility index (Phi) is 8.79. The summed E-state index contributed by atoms with van der Waals surface area (Å²) in [7, 11) is 0. The van der Waals surface area contributed by atoms with Crippen molar-refractivity contribution in [3.05, 3.63) is 47.5 Å². The lowest BCUT2D eigenvalue weighted by molar-refractivity contribution is 0.638. The number of rotatable bonds is 11. The van der Waals surface area contributed by atoms with Crippen molar-refractivity contribution >= 4 is 46.6 Å². The Morgan fingerprint density at radius 1 is 0.786 bits per heavy atom. The van der Waals surface area contributed by atoms with Crippen molar-refractivity contribution in [2.75, 3.05) is 46.4 Å². The summed E-state index contributed by atoms with van der Waals surface area (Å²) in [4.78, 5) is 5.11. The number of benzene rings is 3. The van der Waals surface area contributed by atoms with Gasteiger partial charge < -0.3 is 20.3 Å². The van der Waals surface area contributed by atoms with Crippen LogP contribution in [0.2, 0.25) is 0 Å². The normalized spacial score (nSPS) is 14.7. The lowest BCUT2D eigenvalue weighted by atomic mass is 9.90. The van der Waals surface area contributed by atoms with E-state index in [0.717, 1.165) is 78.0 Å². The molecule has 0 amide bonds. The molecule has 222 valence electrons. The van der Waals surface area contributed by atoms with Crippen LogP contribution >= 0.6 is 12.8 Å². The van der Waals surface area contributed by atoms with Crippen molar-refractivity contribution < 1.29 is 0 Å². The van der Waals surface area contributed by atoms with Gasteiger partial charge >= 0.3 is 0 Å². The highest BCUT2D eigenvalue weighted by Crippen LogP contribution is 2.47. The second-order valence-electron chi connectivity index (χ2n) is 12.0. The molecule has 0 aliphatic carbocycles. The highest BCUT2D eigenvalue weighted by molar-refractivity contribution is 7.81. The van der Waals surface area contributed by atoms with Crippen molar-refractivity contribution in [1.29, 1.82) is 0 Å². The maximum atomic E-state index is 6.99. The molecule has 0 saturated carbocycles. The molecule has 0 atom stereocenters. The van der Waals surface area contributed by atoms with Crippen LogP contribution in [0.4, 0.5) is 22.7 Å². The maximum Gasteiger partial charge on any atom is 0.123 e. The predicted octanol–water partition coefficient (Wildman–Crippen LogP) is 8.02. The average Bonchev–Trinajstić information content (AvgIpc) is 3.49. The number of hydrogen-bond acceptors (Lipinski definition) is 7. The molecule has 2 aliphatic heterocycles. The molecule has 7 nitrogen and oxygen atoms in total. The molecule has 6 rings (SSSR count). The molecule has 4 N–H and O–H groups in total. The standard InChI is InChI=1S/C34H45N7S/c1-3-5-7-17-40-19-9-11-23-21-25(13-15-27(23)40)29-31(35)32(38-42)30(34-33(29)36-39-37-34)26-14-16-28-24(22-26)12-10-20-41(28)18-8-6-4-2/h13-16,21-22,38,42H,3-12,17-20,35H2,1-2H3,(H,36,37,39). The number of fused-ring (bicyclic) bond motifs is 3. The number of nitrogen functional groups attached to an aromatic ring is 1. The summed E-state index contributed by atoms with van der Waals surface area (Å²) in [6, 6.07) is 13.6. The molecule has 42 heavy (non-hydrogen) atoms. The second kappa shape index (κ2) is 12.9. The summed E-state index contributed by atoms with van der Waals surface area (Å²) in [6.45, 7) is 9.03. The van der Waals surface area contributed by atoms with Gasteiger partial charge in [0.15, 0.2) is 0 Å². The number of hydrogen-bond donors (Lipinski definition) is 4. The lowest BCUT2D eigenvalue weighted by Gasteiger charge is -2.32. The fraction of sp³-hybridized carbons (Fsp3) is 0.471. The van der Waals surface area contributed by atoms with Gasteiger partial charge in [0.25, 0.3) is 0 Å². The number of nitrogens with zero attached hydrogens (tertiary/aromatic N) is 4. The number of unbranched alkanes of at least 4 members (excludes halogenated alkanes) is 4. The van der Waals surface area contributed by atoms with E-state index in [-0.39, 0.29) is 0 Å². The van der Waals surface area contributed by atoms with Gasteiger partial charge in [0.2, 0.25) is 0 Å². The molecule has 0 saturated heterocycles. The minimum Gasteiger partial charge on any atom is -0.396 e. The van der Waals surface area contributed by atoms with Crippen LogP contribution < -0.4 is 20.3 Å². The zero-order valence-corrected chi connectivity index (χ0v) is 26.1. The SMILES string of the molecule is CCCCCN1CCCc2cc(-c3c(N)c(NS)c(-c4ccc5c(c4)CCCN5CCCCC)c4n[nH]nc34)ccc21. The molecular formula is C34H45N7S. The summed E-state index contributed by atoms with van der Waals surface area (Å²) in [6.07, 6.45) is 12.0. The zero-order valence-electron chi connectivity index (χ0n) is 25.2. The van der Waals surface area contributed by atoms with Gasteiger partial charge in [-0.1, -0.05) is 64.5 Å². The first-order valence-corrected chi connectivity index (χ1v) is 16.4. The first-order valence-electron chi connectivity index (χ1n) is 16.0. The Morgan fingerprint density at radius 2 is 1.31 bits per heavy atom. The first kappa shape index (κ1) is 28.7. The predicted molar refractivity (Wildman–Crippen MR) is 182 cm³/mol. The van der Waals surface area contributed by atoms with E-state index in [4.69, 9.17) is 5.73 Å². The molecular weight excluding hydrogens is 538 g/mol. The topological polar surface area (TPSA) is 86.1 Å². The molecule has 0 spiro atoms. The van der Waals surface area contributed by atoms with Gasteiger partial charge in [-0.15, -0.1) is 0 Å². The van der Waals surface area contributed by atoms with E-state index in [1.165, 1.54) is 73.9 Å². The highest BCUT2D eigenvalue weighted by Gasteiger charge is 2.26. The van der Waals surface area contributed by atoms with E-state index < -0.39 is 0 Å². The molecule has 0 fully saturated rings. The molecule has 0 unspecified atom stereocenters. The third-order valence-electron chi connectivity index (χ3n) is 9.15. The van der Waals surface area contributed by atoms with E-state index in [2.05, 4.69) is 93.0 Å². The van der Waals surface area contributed by atoms with Crippen LogP contribution in [0.25, 0.3) is 33.3 Å². The van der Waals surface area contributed by atoms with Gasteiger partial charge in [0.05, 0.1) is 11.4 Å². The molecule has 0 bridgehead atoms. The summed E-state index contributed by atoms with van der Waals surface area (Å²) in [5.74, 6) is 0. The number of nitrogens with two attached hydrogens (primary N) is 1. The molecule has 2 aliphatic rings. The van der Waals surface area contributed by atoms with Crippen LogP contribution in [0.5, 0.6) is 0 Å². The van der Waals surface area contributed by atoms with Crippen LogP contribution in [0.3, 0.4) is 0 Å². The van der Waals surface area contributed by atoms with Crippen molar-refractivity contribution in [3.63, 3.8) is 0 Å². The van der Waals surface area contributed by atoms with Crippen molar-refractivity contribution in [1.82, 2.24) is 15.4 Å². The van der Waals surface area contributed by atoms with Gasteiger partial charge in [-0.05, 0) is 85.0 Å². The number of aromatic amines is 1. The Morgan fingerprint density at radius 3 is 1.83 bits per heavy atom. The molecule has 3 heterocycles. The van der Waals surface area contributed by atoms with Crippen LogP contribution in [0.1, 0.15) is 76.3 Å². The fourth-order valence-electron chi connectivity index (χ4n) is 7.01. The first-order chi connectivity index (χ1) is 20.6. The Bertz CT molecular complexity index is 1540. The molecule has 3 aromatic carbocycles. The van der Waals surface area contributed by atoms with Crippen molar-refractivity contribution in [3.8, 4) is 22.3 Å². The van der Waals surface area contributed by atoms with Crippen molar-refractivity contribution in [2.24, 2.45) is 0 Å². The smallest absolute Gasteiger partial charge is 0.123 e. The molecule has 1 aromatic heterocycles. The number of thiol groups is 1. The summed E-state index contributed by atoms with van der Waals surface area (Å²) >= 11 is 4.55. The van der Waals surface area contributed by atoms with Crippen LogP contribution in [0.15, 0.2) is 36.4 Å². The minimum absolute atomic E-state index is 0.649. The van der Waals surface area contributed by atoms with E-state index in [1.807, 2.05) is 0 Å². The van der Waals surface area contributed by atoms with Gasteiger partial charge in [-0.2, -0.15) is 15.4 Å². The third-order valence-corrected chi connectivity index (χ3v) is 9.37. The third kappa shape index (κ3) is 5.41. The van der Waals surface area contributed by atoms with Crippen LogP contribution in [-0.2, 0) is 12.8 Å². The van der Waals surface area contributed by atoms with Gasteiger partial charge in [-0.25, -0.2) is 0 Å². The van der Waals surface area contributed by atoms with Gasteiger partial charge in [0, 0.05) is 48.7 Å². The van der Waals surface area contributed by atoms with Crippen molar-refractivity contribution in [2.45, 2.75) is 78.1 Å².